The number of aryl methyl sites for hydroxylation is 2. The molecule has 4 heteroatoms. The van der Waals surface area contributed by atoms with E-state index >= 15 is 0 Å². The van der Waals surface area contributed by atoms with Gasteiger partial charge in [-0.25, -0.2) is 4.39 Å². The zero-order valence-corrected chi connectivity index (χ0v) is 12.6. The van der Waals surface area contributed by atoms with Gasteiger partial charge in [0.25, 0.3) is 0 Å². The van der Waals surface area contributed by atoms with Gasteiger partial charge >= 0.3 is 0 Å². The minimum Gasteiger partial charge on any atom is -0.496 e. The van der Waals surface area contributed by atoms with E-state index in [2.05, 4.69) is 5.43 Å². The Labute approximate surface area is 124 Å². The standard InChI is InChI=1S/C17H21FN2O/c1-11-9-17(21-3)12(2)8-14(11)16(20-19)10-13-6-4-5-7-15(13)18/h4-9,16,20H,10,19H2,1-3H3. The van der Waals surface area contributed by atoms with Gasteiger partial charge in [0.05, 0.1) is 13.2 Å². The molecule has 0 heterocycles. The minimum atomic E-state index is -0.208. The maximum Gasteiger partial charge on any atom is 0.126 e. The van der Waals surface area contributed by atoms with Gasteiger partial charge in [0.1, 0.15) is 11.6 Å². The third-order valence-corrected chi connectivity index (χ3v) is 3.74. The molecule has 1 unspecified atom stereocenters. The summed E-state index contributed by atoms with van der Waals surface area (Å²) in [5, 5.41) is 0. The Morgan fingerprint density at radius 1 is 1.19 bits per heavy atom. The highest BCUT2D eigenvalue weighted by atomic mass is 19.1. The minimum absolute atomic E-state index is 0.147. The summed E-state index contributed by atoms with van der Waals surface area (Å²) in [6.45, 7) is 3.99. The highest BCUT2D eigenvalue weighted by molar-refractivity contribution is 5.43. The van der Waals surface area contributed by atoms with Crippen LogP contribution in [0.15, 0.2) is 36.4 Å². The smallest absolute Gasteiger partial charge is 0.126 e. The summed E-state index contributed by atoms with van der Waals surface area (Å²) >= 11 is 0. The fraction of sp³-hybridized carbons (Fsp3) is 0.294. The predicted molar refractivity (Wildman–Crippen MR) is 82.6 cm³/mol. The van der Waals surface area contributed by atoms with E-state index in [1.165, 1.54) is 6.07 Å². The maximum atomic E-state index is 13.8. The van der Waals surface area contributed by atoms with Crippen molar-refractivity contribution < 1.29 is 9.13 Å². The van der Waals surface area contributed by atoms with Gasteiger partial charge in [-0.2, -0.15) is 0 Å². The Kier molecular flexibility index (Phi) is 4.94. The van der Waals surface area contributed by atoms with Gasteiger partial charge in [0, 0.05) is 0 Å². The number of nitrogens with two attached hydrogens (primary N) is 1. The number of hydrazine groups is 1. The highest BCUT2D eigenvalue weighted by Crippen LogP contribution is 2.28. The Balaban J connectivity index is 2.34. The first kappa shape index (κ1) is 15.5. The van der Waals surface area contributed by atoms with E-state index in [0.29, 0.717) is 12.0 Å². The monoisotopic (exact) mass is 288 g/mol. The number of nitrogens with one attached hydrogen (secondary N) is 1. The molecule has 0 aliphatic rings. The van der Waals surface area contributed by atoms with Crippen LogP contribution in [-0.4, -0.2) is 7.11 Å². The molecule has 0 aliphatic carbocycles. The largest absolute Gasteiger partial charge is 0.496 e. The van der Waals surface area contributed by atoms with E-state index < -0.39 is 0 Å². The molecule has 0 aliphatic heterocycles. The van der Waals surface area contributed by atoms with Gasteiger partial charge in [-0.3, -0.25) is 11.3 Å². The van der Waals surface area contributed by atoms with E-state index in [1.54, 1.807) is 19.2 Å². The van der Waals surface area contributed by atoms with Crippen LogP contribution in [0.4, 0.5) is 4.39 Å². The molecule has 0 bridgehead atoms. The van der Waals surface area contributed by atoms with Gasteiger partial charge in [-0.05, 0) is 54.7 Å². The van der Waals surface area contributed by atoms with Crippen LogP contribution in [0.2, 0.25) is 0 Å². The van der Waals surface area contributed by atoms with Crippen molar-refractivity contribution >= 4 is 0 Å². The summed E-state index contributed by atoms with van der Waals surface area (Å²) in [5.41, 5.74) is 6.59. The average Bonchev–Trinajstić information content (AvgIpc) is 2.48. The molecule has 21 heavy (non-hydrogen) atoms. The predicted octanol–water partition coefficient (Wildman–Crippen LogP) is 3.20. The lowest BCUT2D eigenvalue weighted by molar-refractivity contribution is 0.410. The van der Waals surface area contributed by atoms with Crippen LogP contribution in [0.3, 0.4) is 0 Å². The normalized spacial score (nSPS) is 12.2. The number of halogens is 1. The number of ether oxygens (including phenoxy) is 1. The van der Waals surface area contributed by atoms with Gasteiger partial charge in [-0.1, -0.05) is 24.3 Å². The molecule has 0 saturated carbocycles. The fourth-order valence-electron chi connectivity index (χ4n) is 2.55. The summed E-state index contributed by atoms with van der Waals surface area (Å²) in [5.74, 6) is 6.33. The first-order chi connectivity index (χ1) is 10.1. The molecule has 0 spiro atoms. The molecular weight excluding hydrogens is 267 g/mol. The van der Waals surface area contributed by atoms with E-state index in [1.807, 2.05) is 32.0 Å². The van der Waals surface area contributed by atoms with Gasteiger partial charge < -0.3 is 4.74 Å². The number of hydrogen-bond donors (Lipinski definition) is 2. The second-order valence-electron chi connectivity index (χ2n) is 5.19. The van der Waals surface area contributed by atoms with Crippen molar-refractivity contribution in [1.29, 1.82) is 0 Å². The Bertz CT molecular complexity index is 628. The molecule has 0 aromatic heterocycles. The molecule has 2 aromatic carbocycles. The quantitative estimate of drug-likeness (QED) is 0.656. The third-order valence-electron chi connectivity index (χ3n) is 3.74. The van der Waals surface area contributed by atoms with Crippen LogP contribution in [0.25, 0.3) is 0 Å². The number of rotatable bonds is 5. The molecule has 3 N–H and O–H groups in total. The van der Waals surface area contributed by atoms with Gasteiger partial charge in [0.2, 0.25) is 0 Å². The number of hydrogen-bond acceptors (Lipinski definition) is 3. The first-order valence-electron chi connectivity index (χ1n) is 6.91. The molecule has 0 saturated heterocycles. The van der Waals surface area contributed by atoms with Crippen LogP contribution in [-0.2, 0) is 6.42 Å². The highest BCUT2D eigenvalue weighted by Gasteiger charge is 2.16. The summed E-state index contributed by atoms with van der Waals surface area (Å²) in [7, 11) is 1.65. The SMILES string of the molecule is COc1cc(C)c(C(Cc2ccccc2F)NN)cc1C. The van der Waals surface area contributed by atoms with Crippen molar-refractivity contribution in [1.82, 2.24) is 5.43 Å². The van der Waals surface area contributed by atoms with Crippen LogP contribution < -0.4 is 16.0 Å². The third kappa shape index (κ3) is 3.40. The van der Waals surface area contributed by atoms with E-state index in [-0.39, 0.29) is 11.9 Å². The average molecular weight is 288 g/mol. The van der Waals surface area contributed by atoms with Crippen molar-refractivity contribution in [3.63, 3.8) is 0 Å². The first-order valence-corrected chi connectivity index (χ1v) is 6.91. The number of methoxy groups -OCH3 is 1. The zero-order chi connectivity index (χ0) is 15.4. The van der Waals surface area contributed by atoms with Crippen molar-refractivity contribution in [2.75, 3.05) is 7.11 Å². The summed E-state index contributed by atoms with van der Waals surface area (Å²) in [6.07, 6.45) is 0.496. The van der Waals surface area contributed by atoms with E-state index in [9.17, 15) is 4.39 Å². The van der Waals surface area contributed by atoms with E-state index in [4.69, 9.17) is 10.6 Å². The molecule has 3 nitrogen and oxygen atoms in total. The lowest BCUT2D eigenvalue weighted by atomic mass is 9.93. The molecule has 0 amide bonds. The maximum absolute atomic E-state index is 13.8. The Morgan fingerprint density at radius 2 is 1.90 bits per heavy atom. The Hall–Kier alpha value is -1.91. The van der Waals surface area contributed by atoms with Crippen molar-refractivity contribution in [2.45, 2.75) is 26.3 Å². The topological polar surface area (TPSA) is 47.3 Å². The number of benzene rings is 2. The van der Waals surface area contributed by atoms with Crippen molar-refractivity contribution in [2.24, 2.45) is 5.84 Å². The second kappa shape index (κ2) is 6.70. The fourth-order valence-corrected chi connectivity index (χ4v) is 2.55. The van der Waals surface area contributed by atoms with Crippen LogP contribution in [0.1, 0.15) is 28.3 Å². The van der Waals surface area contributed by atoms with Crippen LogP contribution in [0, 0.1) is 19.7 Å². The summed E-state index contributed by atoms with van der Waals surface area (Å²) < 4.78 is 19.1. The van der Waals surface area contributed by atoms with E-state index in [0.717, 1.165) is 22.4 Å². The molecule has 1 atom stereocenters. The molecule has 2 aromatic rings. The molecule has 2 rings (SSSR count). The second-order valence-corrected chi connectivity index (χ2v) is 5.19. The van der Waals surface area contributed by atoms with Gasteiger partial charge in [-0.15, -0.1) is 0 Å². The molecule has 112 valence electrons. The molecular formula is C17H21FN2O. The molecule has 0 fully saturated rings. The lowest BCUT2D eigenvalue weighted by Gasteiger charge is -2.20. The molecule has 0 radical (unpaired) electrons. The lowest BCUT2D eigenvalue weighted by Crippen LogP contribution is -2.30. The summed E-state index contributed by atoms with van der Waals surface area (Å²) in [6, 6.07) is 10.6. The van der Waals surface area contributed by atoms with Crippen LogP contribution >= 0.6 is 0 Å². The van der Waals surface area contributed by atoms with Crippen molar-refractivity contribution in [3.8, 4) is 5.75 Å². The Morgan fingerprint density at radius 3 is 2.52 bits per heavy atom. The van der Waals surface area contributed by atoms with Crippen molar-refractivity contribution in [3.05, 3.63) is 64.5 Å². The zero-order valence-electron chi connectivity index (χ0n) is 12.6. The van der Waals surface area contributed by atoms with Crippen LogP contribution in [0.5, 0.6) is 5.75 Å². The van der Waals surface area contributed by atoms with Gasteiger partial charge in [0.15, 0.2) is 0 Å². The summed E-state index contributed by atoms with van der Waals surface area (Å²) in [4.78, 5) is 0.